The minimum atomic E-state index is -0.318. The van der Waals surface area contributed by atoms with E-state index in [-0.39, 0.29) is 5.91 Å². The number of amides is 1. The highest BCUT2D eigenvalue weighted by Crippen LogP contribution is 2.16. The summed E-state index contributed by atoms with van der Waals surface area (Å²) >= 11 is 2.23. The quantitative estimate of drug-likeness (QED) is 0.377. The third kappa shape index (κ3) is 3.68. The van der Waals surface area contributed by atoms with Crippen LogP contribution in [-0.4, -0.2) is 5.91 Å². The van der Waals surface area contributed by atoms with Crippen LogP contribution in [0.25, 0.3) is 0 Å². The summed E-state index contributed by atoms with van der Waals surface area (Å²) in [4.78, 5) is 11.6. The fourth-order valence-corrected chi connectivity index (χ4v) is 2.00. The van der Waals surface area contributed by atoms with E-state index in [9.17, 15) is 4.79 Å². The molecule has 0 atom stereocenters. The number of carbonyl (C=O) groups excluding carboxylic acids is 1. The molecule has 4 nitrogen and oxygen atoms in total. The van der Waals surface area contributed by atoms with Gasteiger partial charge in [-0.15, -0.1) is 0 Å². The molecule has 3 N–H and O–H groups in total. The number of nitrogen functional groups attached to an aromatic ring is 1. The summed E-state index contributed by atoms with van der Waals surface area (Å²) in [6, 6.07) is 14.9. The van der Waals surface area contributed by atoms with E-state index in [0.29, 0.717) is 12.2 Å². The third-order valence-electron chi connectivity index (χ3n) is 2.60. The molecule has 98 valence electrons. The second-order valence-electron chi connectivity index (χ2n) is 3.87. The zero-order valence-electron chi connectivity index (χ0n) is 10.1. The van der Waals surface area contributed by atoms with E-state index < -0.39 is 0 Å². The fraction of sp³-hybridized carbons (Fsp3) is 0.0714. The van der Waals surface area contributed by atoms with Gasteiger partial charge in [-0.3, -0.25) is 10.2 Å². The first-order valence-electron chi connectivity index (χ1n) is 5.68. The number of hydrazine groups is 1. The van der Waals surface area contributed by atoms with Crippen LogP contribution in [0.5, 0.6) is 5.75 Å². The molecule has 1 amide bonds. The Balaban J connectivity index is 2.11. The van der Waals surface area contributed by atoms with Crippen molar-refractivity contribution in [1.82, 2.24) is 5.43 Å². The molecule has 19 heavy (non-hydrogen) atoms. The molecule has 0 saturated carbocycles. The summed E-state index contributed by atoms with van der Waals surface area (Å²) in [6.07, 6.45) is 0. The number of nitrogens with one attached hydrogen (secondary N) is 1. The standard InChI is InChI=1S/C14H13IN2O2/c15-11-5-7-12(8-6-11)19-9-10-3-1-2-4-13(10)14(18)17-16/h1-8H,9,16H2,(H,17,18). The van der Waals surface area contributed by atoms with Crippen LogP contribution < -0.4 is 16.0 Å². The predicted molar refractivity (Wildman–Crippen MR) is 81.6 cm³/mol. The first-order chi connectivity index (χ1) is 9.20. The summed E-state index contributed by atoms with van der Waals surface area (Å²) in [7, 11) is 0. The van der Waals surface area contributed by atoms with E-state index in [1.807, 2.05) is 36.4 Å². The minimum absolute atomic E-state index is 0.318. The highest BCUT2D eigenvalue weighted by Gasteiger charge is 2.09. The Morgan fingerprint density at radius 3 is 2.53 bits per heavy atom. The molecule has 2 aromatic carbocycles. The van der Waals surface area contributed by atoms with Gasteiger partial charge in [0.2, 0.25) is 0 Å². The molecule has 5 heteroatoms. The number of rotatable bonds is 4. The van der Waals surface area contributed by atoms with Crippen molar-refractivity contribution in [2.75, 3.05) is 0 Å². The molecule has 0 radical (unpaired) electrons. The van der Waals surface area contributed by atoms with E-state index in [2.05, 4.69) is 28.0 Å². The second-order valence-corrected chi connectivity index (χ2v) is 5.12. The molecule has 0 unspecified atom stereocenters. The normalized spacial score (nSPS) is 10.0. The van der Waals surface area contributed by atoms with Crippen LogP contribution in [0.3, 0.4) is 0 Å². The number of hydrogen-bond donors (Lipinski definition) is 2. The van der Waals surface area contributed by atoms with Gasteiger partial charge >= 0.3 is 0 Å². The number of benzene rings is 2. The molecule has 0 aliphatic rings. The van der Waals surface area contributed by atoms with Crippen molar-refractivity contribution in [1.29, 1.82) is 0 Å². The Morgan fingerprint density at radius 1 is 1.16 bits per heavy atom. The molecule has 0 bridgehead atoms. The van der Waals surface area contributed by atoms with E-state index in [0.717, 1.165) is 14.9 Å². The Morgan fingerprint density at radius 2 is 1.84 bits per heavy atom. The SMILES string of the molecule is NNC(=O)c1ccccc1COc1ccc(I)cc1. The van der Waals surface area contributed by atoms with E-state index in [1.165, 1.54) is 0 Å². The molecule has 0 aliphatic carbocycles. The van der Waals surface area contributed by atoms with Crippen molar-refractivity contribution < 1.29 is 9.53 Å². The van der Waals surface area contributed by atoms with Crippen LogP contribution >= 0.6 is 22.6 Å². The lowest BCUT2D eigenvalue weighted by Gasteiger charge is -2.10. The molecule has 2 rings (SSSR count). The third-order valence-corrected chi connectivity index (χ3v) is 3.32. The monoisotopic (exact) mass is 368 g/mol. The topological polar surface area (TPSA) is 64.3 Å². The molecule has 2 aromatic rings. The Bertz CT molecular complexity index is 570. The van der Waals surface area contributed by atoms with Gasteiger partial charge in [0, 0.05) is 14.7 Å². The number of carbonyl (C=O) groups is 1. The molecular weight excluding hydrogens is 355 g/mol. The summed E-state index contributed by atoms with van der Waals surface area (Å²) in [5, 5.41) is 0. The average Bonchev–Trinajstić information content (AvgIpc) is 2.46. The zero-order valence-corrected chi connectivity index (χ0v) is 12.3. The molecule has 0 heterocycles. The first-order valence-corrected chi connectivity index (χ1v) is 6.76. The second kappa shape index (κ2) is 6.53. The van der Waals surface area contributed by atoms with Crippen molar-refractivity contribution in [2.45, 2.75) is 6.61 Å². The van der Waals surface area contributed by atoms with Crippen molar-refractivity contribution in [3.05, 3.63) is 63.2 Å². The average molecular weight is 368 g/mol. The van der Waals surface area contributed by atoms with Crippen LogP contribution in [-0.2, 0) is 6.61 Å². The van der Waals surface area contributed by atoms with E-state index in [4.69, 9.17) is 10.6 Å². The van der Waals surface area contributed by atoms with Crippen LogP contribution in [0.1, 0.15) is 15.9 Å². The van der Waals surface area contributed by atoms with Gasteiger partial charge < -0.3 is 4.74 Å². The zero-order chi connectivity index (χ0) is 13.7. The lowest BCUT2D eigenvalue weighted by atomic mass is 10.1. The van der Waals surface area contributed by atoms with E-state index >= 15 is 0 Å². The highest BCUT2D eigenvalue weighted by atomic mass is 127. The lowest BCUT2D eigenvalue weighted by Crippen LogP contribution is -2.30. The summed E-state index contributed by atoms with van der Waals surface area (Å²) < 4.78 is 6.80. The number of halogens is 1. The predicted octanol–water partition coefficient (Wildman–Crippen LogP) is 2.47. The molecular formula is C14H13IN2O2. The van der Waals surface area contributed by atoms with Crippen LogP contribution in [0.15, 0.2) is 48.5 Å². The van der Waals surface area contributed by atoms with Crippen molar-refractivity contribution in [2.24, 2.45) is 5.84 Å². The smallest absolute Gasteiger partial charge is 0.265 e. The Hall–Kier alpha value is -1.60. The maximum atomic E-state index is 11.6. The largest absolute Gasteiger partial charge is 0.489 e. The molecule has 0 spiro atoms. The molecule has 0 fully saturated rings. The van der Waals surface area contributed by atoms with Crippen molar-refractivity contribution in [3.63, 3.8) is 0 Å². The van der Waals surface area contributed by atoms with Crippen LogP contribution in [0.2, 0.25) is 0 Å². The van der Waals surface area contributed by atoms with Gasteiger partial charge in [-0.2, -0.15) is 0 Å². The minimum Gasteiger partial charge on any atom is -0.489 e. The first kappa shape index (κ1) is 13.8. The summed E-state index contributed by atoms with van der Waals surface area (Å²) in [5.41, 5.74) is 3.45. The lowest BCUT2D eigenvalue weighted by molar-refractivity contribution is 0.0951. The van der Waals surface area contributed by atoms with Gasteiger partial charge in [-0.25, -0.2) is 5.84 Å². The Labute approximate surface area is 125 Å². The van der Waals surface area contributed by atoms with Crippen molar-refractivity contribution >= 4 is 28.5 Å². The molecule has 0 saturated heterocycles. The summed E-state index contributed by atoms with van der Waals surface area (Å²) in [6.45, 7) is 0.324. The van der Waals surface area contributed by atoms with Gasteiger partial charge in [0.1, 0.15) is 12.4 Å². The highest BCUT2D eigenvalue weighted by molar-refractivity contribution is 14.1. The van der Waals surface area contributed by atoms with E-state index in [1.54, 1.807) is 12.1 Å². The maximum absolute atomic E-state index is 11.6. The van der Waals surface area contributed by atoms with Crippen LogP contribution in [0, 0.1) is 3.57 Å². The number of hydrogen-bond acceptors (Lipinski definition) is 3. The van der Waals surface area contributed by atoms with Gasteiger partial charge in [0.15, 0.2) is 0 Å². The molecule has 0 aliphatic heterocycles. The van der Waals surface area contributed by atoms with Crippen LogP contribution in [0.4, 0.5) is 0 Å². The maximum Gasteiger partial charge on any atom is 0.265 e. The number of ether oxygens (including phenoxy) is 1. The van der Waals surface area contributed by atoms with Crippen molar-refractivity contribution in [3.8, 4) is 5.75 Å². The summed E-state index contributed by atoms with van der Waals surface area (Å²) in [5.74, 6) is 5.60. The molecule has 0 aromatic heterocycles. The number of nitrogens with two attached hydrogens (primary N) is 1. The van der Waals surface area contributed by atoms with Gasteiger partial charge in [0.05, 0.1) is 0 Å². The fourth-order valence-electron chi connectivity index (χ4n) is 1.64. The van der Waals surface area contributed by atoms with Gasteiger partial charge in [-0.1, -0.05) is 18.2 Å². The van der Waals surface area contributed by atoms with Gasteiger partial charge in [0.25, 0.3) is 5.91 Å². The Kier molecular flexibility index (Phi) is 4.75. The van der Waals surface area contributed by atoms with Gasteiger partial charge in [-0.05, 0) is 52.9 Å².